The van der Waals surface area contributed by atoms with Gasteiger partial charge in [0.05, 0.1) is 18.4 Å². The predicted octanol–water partition coefficient (Wildman–Crippen LogP) is 3.76. The number of nitrogens with zero attached hydrogens (tertiary/aromatic N) is 3. The molecule has 0 spiro atoms. The van der Waals surface area contributed by atoms with Crippen LogP contribution in [0.1, 0.15) is 39.5 Å². The first-order chi connectivity index (χ1) is 13.1. The summed E-state index contributed by atoms with van der Waals surface area (Å²) in [6.07, 6.45) is 4.76. The quantitative estimate of drug-likeness (QED) is 0.732. The molecule has 1 fully saturated rings. The standard InChI is InChI=1S/C20H28N4O2S/c1-4-24-19(15-10-6-8-12-17(15)26-3)22-23-20(24)27-13-18(25)21-16-11-7-5-9-14(16)2/h6,8,10,12,14,16H,4-5,7,9,11,13H2,1-3H3,(H,21,25)/t14-,16-/m1/s1. The molecule has 1 aromatic heterocycles. The number of hydrogen-bond donors (Lipinski definition) is 1. The number of amides is 1. The Labute approximate surface area is 165 Å². The highest BCUT2D eigenvalue weighted by molar-refractivity contribution is 7.99. The number of thioether (sulfide) groups is 1. The Hall–Kier alpha value is -2.02. The van der Waals surface area contributed by atoms with Crippen molar-refractivity contribution in [3.05, 3.63) is 24.3 Å². The maximum absolute atomic E-state index is 12.4. The number of aromatic nitrogens is 3. The van der Waals surface area contributed by atoms with E-state index in [0.717, 1.165) is 35.3 Å². The van der Waals surface area contributed by atoms with Crippen LogP contribution in [0, 0.1) is 5.92 Å². The van der Waals surface area contributed by atoms with Gasteiger partial charge in [0.2, 0.25) is 5.91 Å². The van der Waals surface area contributed by atoms with Crippen molar-refractivity contribution in [2.75, 3.05) is 12.9 Å². The van der Waals surface area contributed by atoms with Crippen LogP contribution in [0.3, 0.4) is 0 Å². The van der Waals surface area contributed by atoms with Crippen molar-refractivity contribution in [3.8, 4) is 17.1 Å². The SMILES string of the molecule is CCn1c(SCC(=O)N[C@@H]2CCCC[C@H]2C)nnc1-c1ccccc1OC. The smallest absolute Gasteiger partial charge is 0.230 e. The number of para-hydroxylation sites is 1. The number of rotatable bonds is 7. The monoisotopic (exact) mass is 388 g/mol. The molecule has 0 aliphatic heterocycles. The van der Waals surface area contributed by atoms with Crippen molar-refractivity contribution in [2.24, 2.45) is 5.92 Å². The molecule has 0 bridgehead atoms. The van der Waals surface area contributed by atoms with E-state index in [1.165, 1.54) is 31.0 Å². The van der Waals surface area contributed by atoms with Gasteiger partial charge in [-0.05, 0) is 37.8 Å². The molecule has 6 nitrogen and oxygen atoms in total. The largest absolute Gasteiger partial charge is 0.496 e. The third kappa shape index (κ3) is 4.64. The number of nitrogens with one attached hydrogen (secondary N) is 1. The molecule has 27 heavy (non-hydrogen) atoms. The van der Waals surface area contributed by atoms with Gasteiger partial charge in [-0.15, -0.1) is 10.2 Å². The maximum Gasteiger partial charge on any atom is 0.230 e. The summed E-state index contributed by atoms with van der Waals surface area (Å²) < 4.78 is 7.48. The Kier molecular flexibility index (Phi) is 6.77. The van der Waals surface area contributed by atoms with Crippen LogP contribution in [-0.2, 0) is 11.3 Å². The van der Waals surface area contributed by atoms with Gasteiger partial charge in [-0.3, -0.25) is 4.79 Å². The molecule has 1 aliphatic carbocycles. The van der Waals surface area contributed by atoms with E-state index in [1.54, 1.807) is 7.11 Å². The van der Waals surface area contributed by atoms with Crippen molar-refractivity contribution in [1.82, 2.24) is 20.1 Å². The Bertz CT molecular complexity index is 777. The van der Waals surface area contributed by atoms with E-state index in [4.69, 9.17) is 4.74 Å². The van der Waals surface area contributed by atoms with Gasteiger partial charge in [-0.2, -0.15) is 0 Å². The first-order valence-electron chi connectivity index (χ1n) is 9.62. The molecule has 1 heterocycles. The van der Waals surface area contributed by atoms with Crippen LogP contribution in [-0.4, -0.2) is 39.6 Å². The van der Waals surface area contributed by atoms with Gasteiger partial charge >= 0.3 is 0 Å². The molecule has 3 rings (SSSR count). The fraction of sp³-hybridized carbons (Fsp3) is 0.550. The zero-order valence-electron chi connectivity index (χ0n) is 16.3. The van der Waals surface area contributed by atoms with Crippen molar-refractivity contribution < 1.29 is 9.53 Å². The number of methoxy groups -OCH3 is 1. The summed E-state index contributed by atoms with van der Waals surface area (Å²) in [6, 6.07) is 8.08. The summed E-state index contributed by atoms with van der Waals surface area (Å²) in [7, 11) is 1.65. The number of benzene rings is 1. The lowest BCUT2D eigenvalue weighted by molar-refractivity contribution is -0.119. The second-order valence-electron chi connectivity index (χ2n) is 6.98. The van der Waals surface area contributed by atoms with Gasteiger partial charge in [0.25, 0.3) is 0 Å². The Balaban J connectivity index is 1.67. The second-order valence-corrected chi connectivity index (χ2v) is 7.92. The Morgan fingerprint density at radius 1 is 1.30 bits per heavy atom. The molecule has 1 amide bonds. The molecule has 1 aliphatic rings. The van der Waals surface area contributed by atoms with Crippen LogP contribution in [0.15, 0.2) is 29.4 Å². The number of ether oxygens (including phenoxy) is 1. The molecule has 1 aromatic carbocycles. The third-order valence-corrected chi connectivity index (χ3v) is 6.14. The van der Waals surface area contributed by atoms with Crippen molar-refractivity contribution in [3.63, 3.8) is 0 Å². The topological polar surface area (TPSA) is 69.0 Å². The van der Waals surface area contributed by atoms with Crippen LogP contribution in [0.4, 0.5) is 0 Å². The summed E-state index contributed by atoms with van der Waals surface area (Å²) in [5.41, 5.74) is 0.904. The van der Waals surface area contributed by atoms with Crippen LogP contribution in [0.5, 0.6) is 5.75 Å². The molecular formula is C20H28N4O2S. The predicted molar refractivity (Wildman–Crippen MR) is 108 cm³/mol. The Morgan fingerprint density at radius 3 is 2.81 bits per heavy atom. The van der Waals surface area contributed by atoms with E-state index in [-0.39, 0.29) is 5.91 Å². The first-order valence-corrected chi connectivity index (χ1v) is 10.6. The van der Waals surface area contributed by atoms with E-state index in [1.807, 2.05) is 28.8 Å². The maximum atomic E-state index is 12.4. The molecule has 7 heteroatoms. The molecule has 0 unspecified atom stereocenters. The van der Waals surface area contributed by atoms with Gasteiger partial charge in [0.15, 0.2) is 11.0 Å². The fourth-order valence-corrected chi connectivity index (χ4v) is 4.43. The van der Waals surface area contributed by atoms with Crippen LogP contribution < -0.4 is 10.1 Å². The number of carbonyl (C=O) groups is 1. The minimum atomic E-state index is 0.0724. The van der Waals surface area contributed by atoms with E-state index >= 15 is 0 Å². The lowest BCUT2D eigenvalue weighted by Crippen LogP contribution is -2.41. The number of hydrogen-bond acceptors (Lipinski definition) is 5. The summed E-state index contributed by atoms with van der Waals surface area (Å²) in [5, 5.41) is 12.6. The van der Waals surface area contributed by atoms with Gasteiger partial charge < -0.3 is 14.6 Å². The molecule has 2 atom stereocenters. The molecular weight excluding hydrogens is 360 g/mol. The van der Waals surface area contributed by atoms with Crippen LogP contribution in [0.2, 0.25) is 0 Å². The van der Waals surface area contributed by atoms with Crippen molar-refractivity contribution in [2.45, 2.75) is 57.3 Å². The normalized spacial score (nSPS) is 19.7. The van der Waals surface area contributed by atoms with Gasteiger partial charge in [0, 0.05) is 12.6 Å². The van der Waals surface area contributed by atoms with Gasteiger partial charge in [-0.1, -0.05) is 43.7 Å². The lowest BCUT2D eigenvalue weighted by atomic mass is 9.86. The molecule has 1 saturated carbocycles. The molecule has 0 radical (unpaired) electrons. The second kappa shape index (κ2) is 9.26. The van der Waals surface area contributed by atoms with Gasteiger partial charge in [-0.25, -0.2) is 0 Å². The van der Waals surface area contributed by atoms with E-state index in [9.17, 15) is 4.79 Å². The van der Waals surface area contributed by atoms with Crippen LogP contribution in [0.25, 0.3) is 11.4 Å². The third-order valence-electron chi connectivity index (χ3n) is 5.17. The zero-order chi connectivity index (χ0) is 19.2. The molecule has 0 saturated heterocycles. The lowest BCUT2D eigenvalue weighted by Gasteiger charge is -2.29. The molecule has 146 valence electrons. The first kappa shape index (κ1) is 19.7. The minimum Gasteiger partial charge on any atom is -0.496 e. The summed E-state index contributed by atoms with van der Waals surface area (Å²) >= 11 is 1.43. The summed E-state index contributed by atoms with van der Waals surface area (Å²) in [6.45, 7) is 5.00. The van der Waals surface area contributed by atoms with Crippen LogP contribution >= 0.6 is 11.8 Å². The van der Waals surface area contributed by atoms with Crippen molar-refractivity contribution in [1.29, 1.82) is 0 Å². The zero-order valence-corrected chi connectivity index (χ0v) is 17.1. The summed E-state index contributed by atoms with van der Waals surface area (Å²) in [5.74, 6) is 2.51. The van der Waals surface area contributed by atoms with Gasteiger partial charge in [0.1, 0.15) is 5.75 Å². The fourth-order valence-electron chi connectivity index (χ4n) is 3.62. The highest BCUT2D eigenvalue weighted by Crippen LogP contribution is 2.31. The average Bonchev–Trinajstić information content (AvgIpc) is 3.10. The number of carbonyl (C=O) groups excluding carboxylic acids is 1. The van der Waals surface area contributed by atoms with Crippen molar-refractivity contribution >= 4 is 17.7 Å². The molecule has 1 N–H and O–H groups in total. The highest BCUT2D eigenvalue weighted by atomic mass is 32.2. The Morgan fingerprint density at radius 2 is 2.07 bits per heavy atom. The minimum absolute atomic E-state index is 0.0724. The summed E-state index contributed by atoms with van der Waals surface area (Å²) in [4.78, 5) is 12.4. The van der Waals surface area contributed by atoms with E-state index < -0.39 is 0 Å². The van der Waals surface area contributed by atoms with E-state index in [2.05, 4.69) is 29.4 Å². The van der Waals surface area contributed by atoms with E-state index in [0.29, 0.717) is 17.7 Å². The highest BCUT2D eigenvalue weighted by Gasteiger charge is 2.23. The molecule has 2 aromatic rings. The average molecular weight is 389 g/mol.